The van der Waals surface area contributed by atoms with E-state index in [1.807, 2.05) is 0 Å². The van der Waals surface area contributed by atoms with Gasteiger partial charge in [0.1, 0.15) is 30.1 Å². The van der Waals surface area contributed by atoms with Crippen molar-refractivity contribution in [3.05, 3.63) is 76.0 Å². The Labute approximate surface area is 142 Å². The summed E-state index contributed by atoms with van der Waals surface area (Å²) in [6.07, 6.45) is 1.79. The van der Waals surface area contributed by atoms with Crippen molar-refractivity contribution < 1.29 is 13.9 Å². The van der Waals surface area contributed by atoms with Crippen molar-refractivity contribution in [2.75, 3.05) is 0 Å². The van der Waals surface area contributed by atoms with Crippen molar-refractivity contribution in [2.45, 2.75) is 20.0 Å². The summed E-state index contributed by atoms with van der Waals surface area (Å²) >= 11 is 0. The Morgan fingerprint density at radius 1 is 1.32 bits per heavy atom. The first-order valence-electron chi connectivity index (χ1n) is 7.51. The third kappa shape index (κ3) is 3.32. The van der Waals surface area contributed by atoms with Crippen molar-refractivity contribution in [3.8, 4) is 5.69 Å². The average molecular weight is 342 g/mol. The summed E-state index contributed by atoms with van der Waals surface area (Å²) < 4.78 is 21.0. The molecule has 0 spiro atoms. The molecule has 0 saturated heterocycles. The zero-order valence-electron chi connectivity index (χ0n) is 13.6. The van der Waals surface area contributed by atoms with Gasteiger partial charge in [-0.2, -0.15) is 5.10 Å². The van der Waals surface area contributed by atoms with Gasteiger partial charge in [-0.3, -0.25) is 4.79 Å². The first kappa shape index (κ1) is 16.6. The predicted molar refractivity (Wildman–Crippen MR) is 86.9 cm³/mol. The Hall–Kier alpha value is -3.29. The van der Waals surface area contributed by atoms with Crippen LogP contribution in [0.3, 0.4) is 0 Å². The number of nitrogens with zero attached hydrogens (tertiary/aromatic N) is 3. The molecule has 0 aliphatic heterocycles. The molecule has 0 bridgehead atoms. The lowest BCUT2D eigenvalue weighted by molar-refractivity contribution is 0.0329. The molecule has 1 atom stereocenters. The van der Waals surface area contributed by atoms with Crippen LogP contribution in [-0.4, -0.2) is 25.7 Å². The van der Waals surface area contributed by atoms with E-state index < -0.39 is 23.4 Å². The van der Waals surface area contributed by atoms with Crippen LogP contribution in [0.15, 0.2) is 47.8 Å². The number of esters is 1. The number of pyridine rings is 1. The number of nitrogens with one attached hydrogen (secondary N) is 1. The zero-order valence-corrected chi connectivity index (χ0v) is 13.6. The largest absolute Gasteiger partial charge is 0.454 e. The van der Waals surface area contributed by atoms with Crippen LogP contribution in [-0.2, 0) is 4.74 Å². The van der Waals surface area contributed by atoms with E-state index >= 15 is 0 Å². The summed E-state index contributed by atoms with van der Waals surface area (Å²) in [6, 6.07) is 7.39. The van der Waals surface area contributed by atoms with Gasteiger partial charge in [-0.15, -0.1) is 0 Å². The first-order chi connectivity index (χ1) is 12.0. The number of aryl methyl sites for hydroxylation is 1. The van der Waals surface area contributed by atoms with Crippen LogP contribution >= 0.6 is 0 Å². The molecule has 1 unspecified atom stereocenters. The second-order valence-corrected chi connectivity index (χ2v) is 5.44. The Balaban J connectivity index is 1.93. The summed E-state index contributed by atoms with van der Waals surface area (Å²) in [4.78, 5) is 30.5. The van der Waals surface area contributed by atoms with Gasteiger partial charge in [-0.25, -0.2) is 18.9 Å². The number of halogens is 1. The van der Waals surface area contributed by atoms with Crippen LogP contribution in [0.5, 0.6) is 0 Å². The van der Waals surface area contributed by atoms with Crippen molar-refractivity contribution >= 4 is 5.97 Å². The molecule has 0 fully saturated rings. The van der Waals surface area contributed by atoms with Crippen molar-refractivity contribution in [2.24, 2.45) is 0 Å². The van der Waals surface area contributed by atoms with E-state index in [2.05, 4.69) is 15.1 Å². The van der Waals surface area contributed by atoms with Gasteiger partial charge < -0.3 is 9.72 Å². The van der Waals surface area contributed by atoms with E-state index in [1.54, 1.807) is 19.1 Å². The Morgan fingerprint density at radius 3 is 2.80 bits per heavy atom. The van der Waals surface area contributed by atoms with Gasteiger partial charge in [0.25, 0.3) is 5.56 Å². The molecule has 3 aromatic rings. The van der Waals surface area contributed by atoms with Crippen molar-refractivity contribution in [1.82, 2.24) is 19.7 Å². The molecule has 1 aromatic carbocycles. The Kier molecular flexibility index (Phi) is 4.42. The fourth-order valence-electron chi connectivity index (χ4n) is 2.48. The summed E-state index contributed by atoms with van der Waals surface area (Å²) in [7, 11) is 0. The molecule has 1 N–H and O–H groups in total. The Bertz CT molecular complexity index is 966. The molecular weight excluding hydrogens is 327 g/mol. The van der Waals surface area contributed by atoms with E-state index in [-0.39, 0.29) is 11.1 Å². The number of hydrogen-bond donors (Lipinski definition) is 1. The molecule has 0 amide bonds. The highest BCUT2D eigenvalue weighted by atomic mass is 19.1. The molecule has 25 heavy (non-hydrogen) atoms. The van der Waals surface area contributed by atoms with Crippen LogP contribution in [0, 0.1) is 12.7 Å². The van der Waals surface area contributed by atoms with E-state index in [0.717, 1.165) is 0 Å². The molecule has 3 rings (SSSR count). The van der Waals surface area contributed by atoms with Crippen LogP contribution in [0.1, 0.15) is 34.6 Å². The number of carbonyl (C=O) groups is 1. The second kappa shape index (κ2) is 6.68. The molecule has 0 saturated carbocycles. The highest BCUT2D eigenvalue weighted by molar-refractivity contribution is 5.89. The smallest absolute Gasteiger partial charge is 0.344 e. The maximum absolute atomic E-state index is 14.4. The highest BCUT2D eigenvalue weighted by Gasteiger charge is 2.22. The lowest BCUT2D eigenvalue weighted by Gasteiger charge is -2.17. The predicted octanol–water partition coefficient (Wildman–Crippen LogP) is 2.32. The number of ether oxygens (including phenoxy) is 1. The van der Waals surface area contributed by atoms with E-state index in [1.165, 1.54) is 42.5 Å². The fourth-order valence-corrected chi connectivity index (χ4v) is 2.48. The molecule has 0 aliphatic carbocycles. The lowest BCUT2D eigenvalue weighted by Crippen LogP contribution is -2.21. The molecule has 8 heteroatoms. The minimum Gasteiger partial charge on any atom is -0.454 e. The minimum absolute atomic E-state index is 0.143. The first-order valence-corrected chi connectivity index (χ1v) is 7.51. The Morgan fingerprint density at radius 2 is 2.12 bits per heavy atom. The number of aromatic nitrogens is 4. The van der Waals surface area contributed by atoms with Gasteiger partial charge in [0, 0.05) is 5.69 Å². The quantitative estimate of drug-likeness (QED) is 0.735. The molecule has 2 aromatic heterocycles. The number of hydrogen-bond acceptors (Lipinski definition) is 5. The number of H-pyrrole nitrogens is 1. The standard InChI is InChI=1S/C17H15FN4O3/c1-10-6-7-12(16(23)21-10)17(24)25-11(2)15-13(18)4-3-5-14(15)22-9-19-8-20-22/h3-9,11H,1-2H3,(H,21,23). The normalized spacial score (nSPS) is 12.0. The summed E-state index contributed by atoms with van der Waals surface area (Å²) in [5, 5.41) is 3.98. The molecule has 7 nitrogen and oxygen atoms in total. The number of benzene rings is 1. The highest BCUT2D eigenvalue weighted by Crippen LogP contribution is 2.27. The van der Waals surface area contributed by atoms with Gasteiger partial charge in [-0.1, -0.05) is 6.07 Å². The maximum atomic E-state index is 14.4. The molecule has 0 aliphatic rings. The maximum Gasteiger partial charge on any atom is 0.344 e. The number of aromatic amines is 1. The van der Waals surface area contributed by atoms with Crippen molar-refractivity contribution in [3.63, 3.8) is 0 Å². The van der Waals surface area contributed by atoms with Crippen LogP contribution in [0.2, 0.25) is 0 Å². The summed E-state index contributed by atoms with van der Waals surface area (Å²) in [5.74, 6) is -1.38. The zero-order chi connectivity index (χ0) is 18.0. The second-order valence-electron chi connectivity index (χ2n) is 5.44. The molecular formula is C17H15FN4O3. The minimum atomic E-state index is -0.936. The van der Waals surface area contributed by atoms with Crippen molar-refractivity contribution in [1.29, 1.82) is 0 Å². The van der Waals surface area contributed by atoms with E-state index in [9.17, 15) is 14.0 Å². The molecule has 128 valence electrons. The van der Waals surface area contributed by atoms with E-state index in [4.69, 9.17) is 4.74 Å². The lowest BCUT2D eigenvalue weighted by atomic mass is 10.1. The van der Waals surface area contributed by atoms with Gasteiger partial charge in [0.15, 0.2) is 0 Å². The fraction of sp³-hybridized carbons (Fsp3) is 0.176. The SMILES string of the molecule is Cc1ccc(C(=O)OC(C)c2c(F)cccc2-n2cncn2)c(=O)[nH]1. The van der Waals surface area contributed by atoms with E-state index in [0.29, 0.717) is 11.4 Å². The van der Waals surface area contributed by atoms with Gasteiger partial charge in [-0.05, 0) is 38.1 Å². The van der Waals surface area contributed by atoms with Crippen LogP contribution in [0.25, 0.3) is 5.69 Å². The number of carbonyl (C=O) groups excluding carboxylic acids is 1. The van der Waals surface area contributed by atoms with Gasteiger partial charge in [0.2, 0.25) is 0 Å². The van der Waals surface area contributed by atoms with Gasteiger partial charge in [0.05, 0.1) is 11.3 Å². The average Bonchev–Trinajstić information content (AvgIpc) is 3.08. The topological polar surface area (TPSA) is 89.9 Å². The summed E-state index contributed by atoms with van der Waals surface area (Å²) in [5.41, 5.74) is 0.469. The van der Waals surface area contributed by atoms with Crippen LogP contribution < -0.4 is 5.56 Å². The number of rotatable bonds is 4. The molecule has 2 heterocycles. The summed E-state index contributed by atoms with van der Waals surface area (Å²) in [6.45, 7) is 3.22. The van der Waals surface area contributed by atoms with Crippen LogP contribution in [0.4, 0.5) is 4.39 Å². The third-order valence-electron chi connectivity index (χ3n) is 3.66. The van der Waals surface area contributed by atoms with Gasteiger partial charge >= 0.3 is 5.97 Å². The monoisotopic (exact) mass is 342 g/mol. The third-order valence-corrected chi connectivity index (χ3v) is 3.66. The molecule has 0 radical (unpaired) electrons.